The topological polar surface area (TPSA) is 80.2 Å². The van der Waals surface area contributed by atoms with E-state index in [1.54, 1.807) is 12.1 Å². The molecule has 7 nitrogen and oxygen atoms in total. The van der Waals surface area contributed by atoms with Gasteiger partial charge >= 0.3 is 6.18 Å². The van der Waals surface area contributed by atoms with Crippen LogP contribution in [0.1, 0.15) is 43.1 Å². The molecule has 0 aromatic heterocycles. The van der Waals surface area contributed by atoms with Crippen molar-refractivity contribution in [2.75, 3.05) is 44.3 Å². The van der Waals surface area contributed by atoms with Gasteiger partial charge < -0.3 is 15.0 Å². The van der Waals surface area contributed by atoms with Gasteiger partial charge in [-0.05, 0) is 41.8 Å². The third kappa shape index (κ3) is 4.82. The molecule has 0 unspecified atom stereocenters. The van der Waals surface area contributed by atoms with E-state index in [1.807, 2.05) is 0 Å². The van der Waals surface area contributed by atoms with Gasteiger partial charge in [0.2, 0.25) is 0 Å². The van der Waals surface area contributed by atoms with Gasteiger partial charge in [0, 0.05) is 35.0 Å². The van der Waals surface area contributed by atoms with E-state index in [0.29, 0.717) is 22.9 Å². The number of hydrogen-bond acceptors (Lipinski definition) is 4. The lowest BCUT2D eigenvalue weighted by atomic mass is 9.90. The van der Waals surface area contributed by atoms with Gasteiger partial charge in [0.1, 0.15) is 13.1 Å². The third-order valence-electron chi connectivity index (χ3n) is 6.78. The standard InChI is InChI=1S/C27H24F3N3O4/c28-27(29,30)17-4-1-5-18(16-17)33-25(35)21-7-2-6-19-20(8-9-22(23(19)21)26(33)36)24(34)31-10-3-11-32-12-14-37-15-13-32/h1-2,4-9,16H,3,10-15H2,(H,31,34)/p+1. The number of carbonyl (C=O) groups is 3. The van der Waals surface area contributed by atoms with Crippen LogP contribution in [0, 0.1) is 0 Å². The second-order valence-electron chi connectivity index (χ2n) is 9.10. The summed E-state index contributed by atoms with van der Waals surface area (Å²) in [5.41, 5.74) is -0.508. The van der Waals surface area contributed by atoms with Gasteiger partial charge in [-0.25, -0.2) is 4.90 Å². The summed E-state index contributed by atoms with van der Waals surface area (Å²) in [4.78, 5) is 41.8. The number of nitrogens with zero attached hydrogens (tertiary/aromatic N) is 1. The van der Waals surface area contributed by atoms with Crippen molar-refractivity contribution in [1.29, 1.82) is 0 Å². The highest BCUT2D eigenvalue weighted by Crippen LogP contribution is 2.37. The van der Waals surface area contributed by atoms with E-state index in [0.717, 1.165) is 62.4 Å². The van der Waals surface area contributed by atoms with Gasteiger partial charge in [0.05, 0.1) is 31.0 Å². The zero-order chi connectivity index (χ0) is 26.2. The summed E-state index contributed by atoms with van der Waals surface area (Å²) in [7, 11) is 0. The summed E-state index contributed by atoms with van der Waals surface area (Å²) in [6.07, 6.45) is -3.83. The molecule has 2 N–H and O–H groups in total. The van der Waals surface area contributed by atoms with E-state index in [9.17, 15) is 27.6 Å². The first-order chi connectivity index (χ1) is 17.8. The molecule has 1 saturated heterocycles. The number of morpholine rings is 1. The van der Waals surface area contributed by atoms with E-state index in [-0.39, 0.29) is 22.7 Å². The Morgan fingerprint density at radius 1 is 0.973 bits per heavy atom. The Labute approximate surface area is 210 Å². The third-order valence-corrected chi connectivity index (χ3v) is 6.78. The number of amides is 3. The van der Waals surface area contributed by atoms with Crippen LogP contribution in [-0.2, 0) is 10.9 Å². The molecule has 0 atom stereocenters. The van der Waals surface area contributed by atoms with Crippen molar-refractivity contribution in [3.05, 3.63) is 76.9 Å². The minimum absolute atomic E-state index is 0.148. The van der Waals surface area contributed by atoms with Crippen molar-refractivity contribution in [2.24, 2.45) is 0 Å². The Morgan fingerprint density at radius 2 is 1.68 bits per heavy atom. The van der Waals surface area contributed by atoms with Crippen LogP contribution in [-0.4, -0.2) is 57.1 Å². The zero-order valence-corrected chi connectivity index (χ0v) is 19.9. The lowest BCUT2D eigenvalue weighted by Gasteiger charge is -2.28. The number of carbonyl (C=O) groups excluding carboxylic acids is 3. The SMILES string of the molecule is O=C(NCCC[NH+]1CCOCC1)c1ccc2c3c(cccc13)C(=O)N(c1cccc(C(F)(F)F)c1)C2=O. The van der Waals surface area contributed by atoms with Crippen LogP contribution in [0.3, 0.4) is 0 Å². The number of quaternary nitrogens is 1. The maximum atomic E-state index is 13.3. The van der Waals surface area contributed by atoms with Crippen LogP contribution >= 0.6 is 0 Å². The van der Waals surface area contributed by atoms with Crippen molar-refractivity contribution >= 4 is 34.2 Å². The molecule has 0 radical (unpaired) electrons. The minimum Gasteiger partial charge on any atom is -0.370 e. The molecule has 5 rings (SSSR count). The molecule has 0 bridgehead atoms. The van der Waals surface area contributed by atoms with E-state index < -0.39 is 23.6 Å². The van der Waals surface area contributed by atoms with Crippen molar-refractivity contribution in [3.8, 4) is 0 Å². The van der Waals surface area contributed by atoms with Crippen molar-refractivity contribution in [1.82, 2.24) is 5.32 Å². The monoisotopic (exact) mass is 512 g/mol. The number of alkyl halides is 3. The molecule has 37 heavy (non-hydrogen) atoms. The molecule has 0 aliphatic carbocycles. The first-order valence-corrected chi connectivity index (χ1v) is 12.1. The molecule has 2 aliphatic heterocycles. The molecule has 0 spiro atoms. The minimum atomic E-state index is -4.62. The normalized spacial score (nSPS) is 16.4. The summed E-state index contributed by atoms with van der Waals surface area (Å²) in [5, 5.41) is 3.68. The molecule has 3 amide bonds. The van der Waals surface area contributed by atoms with Crippen LogP contribution in [0.25, 0.3) is 10.8 Å². The lowest BCUT2D eigenvalue weighted by molar-refractivity contribution is -0.908. The predicted octanol–water partition coefficient (Wildman–Crippen LogP) is 2.69. The molecule has 192 valence electrons. The van der Waals surface area contributed by atoms with Gasteiger partial charge in [0.25, 0.3) is 17.7 Å². The number of imide groups is 1. The van der Waals surface area contributed by atoms with Gasteiger partial charge in [-0.2, -0.15) is 13.2 Å². The fourth-order valence-corrected chi connectivity index (χ4v) is 4.90. The number of ether oxygens (including phenoxy) is 1. The Hall–Kier alpha value is -3.76. The number of hydrogen-bond donors (Lipinski definition) is 2. The van der Waals surface area contributed by atoms with E-state index in [1.165, 1.54) is 29.2 Å². The molecule has 2 heterocycles. The largest absolute Gasteiger partial charge is 0.416 e. The Bertz CT molecular complexity index is 1360. The van der Waals surface area contributed by atoms with Crippen LogP contribution in [0.5, 0.6) is 0 Å². The van der Waals surface area contributed by atoms with Gasteiger partial charge in [-0.15, -0.1) is 0 Å². The number of rotatable bonds is 6. The van der Waals surface area contributed by atoms with E-state index in [2.05, 4.69) is 5.32 Å². The van der Waals surface area contributed by atoms with Crippen molar-refractivity contribution < 1.29 is 37.2 Å². The smallest absolute Gasteiger partial charge is 0.370 e. The average molecular weight is 513 g/mol. The molecular formula is C27H25F3N3O4+. The predicted molar refractivity (Wildman–Crippen MR) is 130 cm³/mol. The molecule has 3 aromatic rings. The highest BCUT2D eigenvalue weighted by molar-refractivity contribution is 6.36. The summed E-state index contributed by atoms with van der Waals surface area (Å²) >= 11 is 0. The molecule has 1 fully saturated rings. The maximum absolute atomic E-state index is 13.3. The van der Waals surface area contributed by atoms with Crippen LogP contribution in [0.15, 0.2) is 54.6 Å². The highest BCUT2D eigenvalue weighted by atomic mass is 19.4. The number of benzene rings is 3. The molecule has 10 heteroatoms. The first kappa shape index (κ1) is 24.9. The van der Waals surface area contributed by atoms with Crippen LogP contribution in [0.4, 0.5) is 18.9 Å². The summed E-state index contributed by atoms with van der Waals surface area (Å²) in [6, 6.07) is 11.8. The van der Waals surface area contributed by atoms with E-state index in [4.69, 9.17) is 4.74 Å². The first-order valence-electron chi connectivity index (χ1n) is 12.1. The van der Waals surface area contributed by atoms with Gasteiger partial charge in [-0.3, -0.25) is 14.4 Å². The van der Waals surface area contributed by atoms with Gasteiger partial charge in [-0.1, -0.05) is 18.2 Å². The van der Waals surface area contributed by atoms with Crippen molar-refractivity contribution in [2.45, 2.75) is 12.6 Å². The summed E-state index contributed by atoms with van der Waals surface area (Å²) < 4.78 is 45.1. The highest BCUT2D eigenvalue weighted by Gasteiger charge is 2.37. The lowest BCUT2D eigenvalue weighted by Crippen LogP contribution is -3.14. The summed E-state index contributed by atoms with van der Waals surface area (Å²) in [6.45, 7) is 4.77. The molecule has 0 saturated carbocycles. The molecule has 3 aromatic carbocycles. The number of halogens is 3. The zero-order valence-electron chi connectivity index (χ0n) is 19.9. The Balaban J connectivity index is 1.40. The van der Waals surface area contributed by atoms with Gasteiger partial charge in [0.15, 0.2) is 0 Å². The van der Waals surface area contributed by atoms with Crippen LogP contribution in [0.2, 0.25) is 0 Å². The second-order valence-corrected chi connectivity index (χ2v) is 9.10. The Kier molecular flexibility index (Phi) is 6.70. The van der Waals surface area contributed by atoms with Crippen molar-refractivity contribution in [3.63, 3.8) is 0 Å². The second kappa shape index (κ2) is 9.95. The Morgan fingerprint density at radius 3 is 2.41 bits per heavy atom. The fraction of sp³-hybridized carbons (Fsp3) is 0.296. The van der Waals surface area contributed by atoms with E-state index >= 15 is 0 Å². The average Bonchev–Trinajstić information content (AvgIpc) is 2.89. The molecular weight excluding hydrogens is 487 g/mol. The molecule has 2 aliphatic rings. The van der Waals surface area contributed by atoms with Crippen LogP contribution < -0.4 is 15.1 Å². The number of nitrogens with one attached hydrogen (secondary N) is 2. The quantitative estimate of drug-likeness (QED) is 0.393. The number of anilines is 1. The summed E-state index contributed by atoms with van der Waals surface area (Å²) in [5.74, 6) is -1.80. The maximum Gasteiger partial charge on any atom is 0.416 e. The fourth-order valence-electron chi connectivity index (χ4n) is 4.90.